The lowest BCUT2D eigenvalue weighted by Gasteiger charge is -2.11. The van der Waals surface area contributed by atoms with Gasteiger partial charge < -0.3 is 10.1 Å². The molecule has 2 rings (SSSR count). The van der Waals surface area contributed by atoms with Crippen LogP contribution in [-0.4, -0.2) is 28.1 Å². The first-order valence-corrected chi connectivity index (χ1v) is 7.68. The molecule has 1 unspecified atom stereocenters. The molecule has 2 heterocycles. The summed E-state index contributed by atoms with van der Waals surface area (Å²) >= 11 is 1.67. The molecular weight excluding hydrogens is 272 g/mol. The number of thiazole rings is 1. The predicted molar refractivity (Wildman–Crippen MR) is 81.6 cm³/mol. The lowest BCUT2D eigenvalue weighted by Crippen LogP contribution is -2.12. The number of hydrogen-bond donors (Lipinski definition) is 1. The van der Waals surface area contributed by atoms with Gasteiger partial charge in [0.05, 0.1) is 11.6 Å². The standard InChI is InChI=1S/C14H20N4OS/c1-4-6-19-12-8-11(3)17-14(18-12)16-9-10(2)13-15-5-7-20-13/h5,7-8,10H,4,6,9H2,1-3H3,(H,16,17,18). The number of ether oxygens (including phenoxy) is 1. The SMILES string of the molecule is CCCOc1cc(C)nc(NCC(C)c2nccs2)n1. The average Bonchev–Trinajstić information content (AvgIpc) is 2.96. The minimum absolute atomic E-state index is 0.333. The number of nitrogens with one attached hydrogen (secondary N) is 1. The van der Waals surface area contributed by atoms with E-state index < -0.39 is 0 Å². The molecule has 0 spiro atoms. The topological polar surface area (TPSA) is 59.9 Å². The first kappa shape index (κ1) is 14.7. The molecule has 0 aliphatic carbocycles. The van der Waals surface area contributed by atoms with E-state index in [0.717, 1.165) is 23.7 Å². The van der Waals surface area contributed by atoms with Crippen LogP contribution in [0.15, 0.2) is 17.6 Å². The van der Waals surface area contributed by atoms with Crippen LogP contribution in [-0.2, 0) is 0 Å². The third kappa shape index (κ3) is 4.16. The van der Waals surface area contributed by atoms with Gasteiger partial charge in [0.25, 0.3) is 0 Å². The molecule has 6 heteroatoms. The van der Waals surface area contributed by atoms with E-state index in [9.17, 15) is 0 Å². The van der Waals surface area contributed by atoms with Crippen molar-refractivity contribution in [1.82, 2.24) is 15.0 Å². The van der Waals surface area contributed by atoms with E-state index in [1.54, 1.807) is 11.3 Å². The van der Waals surface area contributed by atoms with Crippen molar-refractivity contribution in [1.29, 1.82) is 0 Å². The fraction of sp³-hybridized carbons (Fsp3) is 0.500. The molecule has 0 bridgehead atoms. The number of rotatable bonds is 7. The summed E-state index contributed by atoms with van der Waals surface area (Å²) in [5, 5.41) is 6.36. The van der Waals surface area contributed by atoms with Gasteiger partial charge in [-0.3, -0.25) is 0 Å². The van der Waals surface area contributed by atoms with Crippen LogP contribution in [0.1, 0.15) is 36.9 Å². The molecule has 0 amide bonds. The number of aromatic nitrogens is 3. The van der Waals surface area contributed by atoms with E-state index in [1.807, 2.05) is 24.6 Å². The van der Waals surface area contributed by atoms with Crippen molar-refractivity contribution >= 4 is 17.3 Å². The monoisotopic (exact) mass is 292 g/mol. The van der Waals surface area contributed by atoms with Crippen molar-refractivity contribution in [2.24, 2.45) is 0 Å². The van der Waals surface area contributed by atoms with E-state index in [1.165, 1.54) is 0 Å². The third-order valence-corrected chi connectivity index (χ3v) is 3.73. The van der Waals surface area contributed by atoms with E-state index in [4.69, 9.17) is 4.74 Å². The van der Waals surface area contributed by atoms with Crippen LogP contribution in [0.5, 0.6) is 5.88 Å². The lowest BCUT2D eigenvalue weighted by atomic mass is 10.2. The molecule has 1 N–H and O–H groups in total. The summed E-state index contributed by atoms with van der Waals surface area (Å²) < 4.78 is 5.55. The predicted octanol–water partition coefficient (Wildman–Crippen LogP) is 3.25. The molecule has 1 atom stereocenters. The smallest absolute Gasteiger partial charge is 0.226 e. The van der Waals surface area contributed by atoms with E-state index >= 15 is 0 Å². The van der Waals surface area contributed by atoms with Gasteiger partial charge in [-0.1, -0.05) is 13.8 Å². The molecule has 2 aromatic rings. The number of aryl methyl sites for hydroxylation is 1. The van der Waals surface area contributed by atoms with Crippen LogP contribution in [0, 0.1) is 6.92 Å². The summed E-state index contributed by atoms with van der Waals surface area (Å²) in [7, 11) is 0. The first-order valence-electron chi connectivity index (χ1n) is 6.80. The van der Waals surface area contributed by atoms with Crippen LogP contribution < -0.4 is 10.1 Å². The molecule has 5 nitrogen and oxygen atoms in total. The van der Waals surface area contributed by atoms with Crippen molar-refractivity contribution < 1.29 is 4.74 Å². The highest BCUT2D eigenvalue weighted by atomic mass is 32.1. The second-order valence-electron chi connectivity index (χ2n) is 4.67. The lowest BCUT2D eigenvalue weighted by molar-refractivity contribution is 0.305. The highest BCUT2D eigenvalue weighted by Gasteiger charge is 2.09. The first-order chi connectivity index (χ1) is 9.69. The number of anilines is 1. The average molecular weight is 292 g/mol. The Morgan fingerprint density at radius 1 is 1.40 bits per heavy atom. The summed E-state index contributed by atoms with van der Waals surface area (Å²) in [6.07, 6.45) is 2.79. The zero-order valence-corrected chi connectivity index (χ0v) is 12.9. The van der Waals surface area contributed by atoms with Gasteiger partial charge in [-0.15, -0.1) is 11.3 Å². The van der Waals surface area contributed by atoms with Crippen LogP contribution in [0.2, 0.25) is 0 Å². The molecule has 0 radical (unpaired) electrons. The van der Waals surface area contributed by atoms with Crippen LogP contribution in [0.25, 0.3) is 0 Å². The minimum Gasteiger partial charge on any atom is -0.478 e. The van der Waals surface area contributed by atoms with Crippen molar-refractivity contribution in [3.63, 3.8) is 0 Å². The number of nitrogens with zero attached hydrogens (tertiary/aromatic N) is 3. The van der Waals surface area contributed by atoms with Gasteiger partial charge in [-0.2, -0.15) is 4.98 Å². The molecule has 20 heavy (non-hydrogen) atoms. The quantitative estimate of drug-likeness (QED) is 0.849. The van der Waals surface area contributed by atoms with Gasteiger partial charge in [0.15, 0.2) is 0 Å². The molecular formula is C14H20N4OS. The fourth-order valence-corrected chi connectivity index (χ4v) is 2.41. The zero-order chi connectivity index (χ0) is 14.4. The van der Waals surface area contributed by atoms with Crippen molar-refractivity contribution in [3.05, 3.63) is 28.3 Å². The van der Waals surface area contributed by atoms with Gasteiger partial charge in [0, 0.05) is 35.8 Å². The Kier molecular flexibility index (Phi) is 5.29. The molecule has 0 aromatic carbocycles. The summed E-state index contributed by atoms with van der Waals surface area (Å²) in [6.45, 7) is 7.57. The Morgan fingerprint density at radius 2 is 2.25 bits per heavy atom. The Morgan fingerprint density at radius 3 is 2.95 bits per heavy atom. The minimum atomic E-state index is 0.333. The highest BCUT2D eigenvalue weighted by Crippen LogP contribution is 2.18. The largest absolute Gasteiger partial charge is 0.478 e. The normalized spacial score (nSPS) is 12.2. The fourth-order valence-electron chi connectivity index (χ4n) is 1.71. The van der Waals surface area contributed by atoms with Crippen LogP contribution >= 0.6 is 11.3 Å². The molecule has 0 saturated heterocycles. The molecule has 0 aliphatic heterocycles. The van der Waals surface area contributed by atoms with Gasteiger partial charge in [0.1, 0.15) is 0 Å². The summed E-state index contributed by atoms with van der Waals surface area (Å²) in [4.78, 5) is 13.1. The molecule has 0 saturated carbocycles. The summed E-state index contributed by atoms with van der Waals surface area (Å²) in [5.41, 5.74) is 0.899. The maximum absolute atomic E-state index is 5.55. The third-order valence-electron chi connectivity index (χ3n) is 2.72. The maximum Gasteiger partial charge on any atom is 0.226 e. The van der Waals surface area contributed by atoms with Gasteiger partial charge in [-0.05, 0) is 13.3 Å². The van der Waals surface area contributed by atoms with Crippen molar-refractivity contribution in [3.8, 4) is 5.88 Å². The zero-order valence-electron chi connectivity index (χ0n) is 12.1. The Hall–Kier alpha value is -1.69. The van der Waals surface area contributed by atoms with Crippen molar-refractivity contribution in [2.75, 3.05) is 18.5 Å². The van der Waals surface area contributed by atoms with Gasteiger partial charge >= 0.3 is 0 Å². The molecule has 0 aliphatic rings. The van der Waals surface area contributed by atoms with Crippen LogP contribution in [0.4, 0.5) is 5.95 Å². The van der Waals surface area contributed by atoms with E-state index in [2.05, 4.69) is 34.1 Å². The number of hydrogen-bond acceptors (Lipinski definition) is 6. The van der Waals surface area contributed by atoms with E-state index in [-0.39, 0.29) is 0 Å². The second-order valence-corrected chi connectivity index (χ2v) is 5.60. The Balaban J connectivity index is 1.96. The highest BCUT2D eigenvalue weighted by molar-refractivity contribution is 7.09. The van der Waals surface area contributed by atoms with Crippen molar-refractivity contribution in [2.45, 2.75) is 33.1 Å². The summed E-state index contributed by atoms with van der Waals surface area (Å²) in [5.74, 6) is 1.57. The summed E-state index contributed by atoms with van der Waals surface area (Å²) in [6, 6.07) is 1.85. The van der Waals surface area contributed by atoms with Gasteiger partial charge in [-0.25, -0.2) is 9.97 Å². The van der Waals surface area contributed by atoms with Crippen LogP contribution in [0.3, 0.4) is 0 Å². The van der Waals surface area contributed by atoms with E-state index in [0.29, 0.717) is 24.4 Å². The molecule has 0 fully saturated rings. The Bertz CT molecular complexity index is 530. The second kappa shape index (κ2) is 7.19. The molecule has 108 valence electrons. The molecule has 2 aromatic heterocycles. The Labute approximate surface area is 123 Å². The maximum atomic E-state index is 5.55. The van der Waals surface area contributed by atoms with Gasteiger partial charge in [0.2, 0.25) is 11.8 Å².